The van der Waals surface area contributed by atoms with Crippen molar-refractivity contribution in [2.24, 2.45) is 0 Å². The Bertz CT molecular complexity index is 959. The molecule has 3 rings (SSSR count). The van der Waals surface area contributed by atoms with E-state index in [1.165, 1.54) is 5.56 Å². The number of fused-ring (bicyclic) bond motifs is 1. The van der Waals surface area contributed by atoms with Gasteiger partial charge in [-0.05, 0) is 62.4 Å². The van der Waals surface area contributed by atoms with Crippen LogP contribution in [0.1, 0.15) is 44.2 Å². The molecule has 162 valence electrons. The first-order valence-electron chi connectivity index (χ1n) is 10.6. The summed E-state index contributed by atoms with van der Waals surface area (Å²) in [6.07, 6.45) is 2.61. The lowest BCUT2D eigenvalue weighted by Crippen LogP contribution is -2.34. The number of carbonyl (C=O) groups is 1. The molecule has 0 fully saturated rings. The molecule has 0 aromatic heterocycles. The Labute approximate surface area is 179 Å². The molecular weight excluding hydrogens is 398 g/mol. The summed E-state index contributed by atoms with van der Waals surface area (Å²) in [5, 5.41) is 2.84. The van der Waals surface area contributed by atoms with E-state index in [0.29, 0.717) is 31.1 Å². The molecule has 1 aliphatic heterocycles. The zero-order valence-corrected chi connectivity index (χ0v) is 18.5. The summed E-state index contributed by atoms with van der Waals surface area (Å²) in [6, 6.07) is 15.6. The van der Waals surface area contributed by atoms with Gasteiger partial charge < -0.3 is 5.32 Å². The molecule has 2 aromatic rings. The van der Waals surface area contributed by atoms with Crippen LogP contribution in [-0.4, -0.2) is 38.4 Å². The quantitative estimate of drug-likeness (QED) is 0.598. The highest BCUT2D eigenvalue weighted by Crippen LogP contribution is 2.25. The Morgan fingerprint density at radius 1 is 1.10 bits per heavy atom. The Balaban J connectivity index is 1.56. The zero-order valence-electron chi connectivity index (χ0n) is 17.7. The lowest BCUT2D eigenvalue weighted by Gasteiger charge is -2.26. The predicted molar refractivity (Wildman–Crippen MR) is 120 cm³/mol. The van der Waals surface area contributed by atoms with Crippen molar-refractivity contribution in [3.05, 3.63) is 59.7 Å². The van der Waals surface area contributed by atoms with Crippen LogP contribution in [0.25, 0.3) is 0 Å². The summed E-state index contributed by atoms with van der Waals surface area (Å²) in [6.45, 7) is 6.35. The standard InChI is InChI=1S/C23H31N3O3S/c1-18(2)26(17-19-8-4-3-5-9-19)15-7-14-24-30(28,29)21-12-13-22-20(16-21)10-6-11-23(27)25-22/h3-5,8-9,12-13,16,18,24H,6-7,10-11,14-15,17H2,1-2H3,(H,25,27). The maximum absolute atomic E-state index is 12.7. The van der Waals surface area contributed by atoms with Crippen LogP contribution in [0.5, 0.6) is 0 Å². The second kappa shape index (κ2) is 10.2. The molecule has 0 bridgehead atoms. The Morgan fingerprint density at radius 3 is 2.60 bits per heavy atom. The molecule has 0 saturated heterocycles. The zero-order chi connectivity index (χ0) is 21.6. The minimum atomic E-state index is -3.58. The molecule has 0 radical (unpaired) electrons. The number of hydrogen-bond acceptors (Lipinski definition) is 4. The van der Waals surface area contributed by atoms with Gasteiger partial charge in [0, 0.05) is 37.8 Å². The van der Waals surface area contributed by atoms with Gasteiger partial charge in [0.1, 0.15) is 0 Å². The van der Waals surface area contributed by atoms with E-state index in [2.05, 4.69) is 40.9 Å². The van der Waals surface area contributed by atoms with Crippen molar-refractivity contribution in [1.82, 2.24) is 9.62 Å². The molecule has 1 aliphatic rings. The lowest BCUT2D eigenvalue weighted by molar-refractivity contribution is -0.116. The van der Waals surface area contributed by atoms with Gasteiger partial charge in [0.25, 0.3) is 0 Å². The number of hydrogen-bond donors (Lipinski definition) is 2. The second-order valence-corrected chi connectivity index (χ2v) is 9.79. The Hall–Kier alpha value is -2.22. The van der Waals surface area contributed by atoms with Crippen molar-refractivity contribution in [2.45, 2.75) is 57.0 Å². The van der Waals surface area contributed by atoms with Crippen molar-refractivity contribution >= 4 is 21.6 Å². The first-order valence-corrected chi connectivity index (χ1v) is 12.0. The summed E-state index contributed by atoms with van der Waals surface area (Å²) >= 11 is 0. The number of anilines is 1. The monoisotopic (exact) mass is 429 g/mol. The van der Waals surface area contributed by atoms with E-state index in [0.717, 1.165) is 31.5 Å². The van der Waals surface area contributed by atoms with Gasteiger partial charge in [0.15, 0.2) is 0 Å². The van der Waals surface area contributed by atoms with Crippen molar-refractivity contribution in [3.8, 4) is 0 Å². The van der Waals surface area contributed by atoms with Crippen LogP contribution >= 0.6 is 0 Å². The number of aryl methyl sites for hydroxylation is 1. The van der Waals surface area contributed by atoms with Gasteiger partial charge in [-0.1, -0.05) is 30.3 Å². The van der Waals surface area contributed by atoms with E-state index < -0.39 is 10.0 Å². The molecule has 1 heterocycles. The third-order valence-corrected chi connectivity index (χ3v) is 6.84. The van der Waals surface area contributed by atoms with E-state index in [4.69, 9.17) is 0 Å². The van der Waals surface area contributed by atoms with Crippen molar-refractivity contribution in [1.29, 1.82) is 0 Å². The summed E-state index contributed by atoms with van der Waals surface area (Å²) < 4.78 is 28.2. The molecule has 1 amide bonds. The molecule has 6 nitrogen and oxygen atoms in total. The second-order valence-electron chi connectivity index (χ2n) is 8.02. The summed E-state index contributed by atoms with van der Waals surface area (Å²) in [4.78, 5) is 14.3. The first kappa shape index (κ1) is 22.5. The van der Waals surface area contributed by atoms with Crippen LogP contribution in [0, 0.1) is 0 Å². The van der Waals surface area contributed by atoms with E-state index in [1.807, 2.05) is 18.2 Å². The van der Waals surface area contributed by atoms with E-state index in [-0.39, 0.29) is 10.8 Å². The fraction of sp³-hybridized carbons (Fsp3) is 0.435. The molecule has 2 aromatic carbocycles. The molecule has 2 N–H and O–H groups in total. The number of benzene rings is 2. The third kappa shape index (κ3) is 6.14. The van der Waals surface area contributed by atoms with Crippen LogP contribution < -0.4 is 10.0 Å². The smallest absolute Gasteiger partial charge is 0.240 e. The number of nitrogens with one attached hydrogen (secondary N) is 2. The van der Waals surface area contributed by atoms with Gasteiger partial charge in [0.05, 0.1) is 4.90 Å². The summed E-state index contributed by atoms with van der Waals surface area (Å²) in [5.41, 5.74) is 2.84. The van der Waals surface area contributed by atoms with Gasteiger partial charge in [0.2, 0.25) is 15.9 Å². The highest BCUT2D eigenvalue weighted by atomic mass is 32.2. The molecule has 0 spiro atoms. The number of carbonyl (C=O) groups excluding carboxylic acids is 1. The van der Waals surface area contributed by atoms with Crippen molar-refractivity contribution in [2.75, 3.05) is 18.4 Å². The minimum absolute atomic E-state index is 0.0207. The lowest BCUT2D eigenvalue weighted by atomic mass is 10.1. The molecule has 0 atom stereocenters. The maximum Gasteiger partial charge on any atom is 0.240 e. The van der Waals surface area contributed by atoms with Crippen LogP contribution in [-0.2, 0) is 27.8 Å². The van der Waals surface area contributed by atoms with E-state index in [1.54, 1.807) is 18.2 Å². The minimum Gasteiger partial charge on any atom is -0.326 e. The normalized spacial score (nSPS) is 14.5. The number of nitrogens with zero attached hydrogens (tertiary/aromatic N) is 1. The Kier molecular flexibility index (Phi) is 7.64. The molecule has 0 saturated carbocycles. The largest absolute Gasteiger partial charge is 0.326 e. The van der Waals surface area contributed by atoms with Gasteiger partial charge in [-0.3, -0.25) is 9.69 Å². The number of amides is 1. The highest BCUT2D eigenvalue weighted by molar-refractivity contribution is 7.89. The average molecular weight is 430 g/mol. The fourth-order valence-electron chi connectivity index (χ4n) is 3.63. The van der Waals surface area contributed by atoms with Crippen molar-refractivity contribution in [3.63, 3.8) is 0 Å². The van der Waals surface area contributed by atoms with Crippen LogP contribution in [0.4, 0.5) is 5.69 Å². The topological polar surface area (TPSA) is 78.5 Å². The maximum atomic E-state index is 12.7. The van der Waals surface area contributed by atoms with Crippen LogP contribution in [0.3, 0.4) is 0 Å². The molecule has 0 aliphatic carbocycles. The molecule has 7 heteroatoms. The highest BCUT2D eigenvalue weighted by Gasteiger charge is 2.19. The van der Waals surface area contributed by atoms with Crippen molar-refractivity contribution < 1.29 is 13.2 Å². The third-order valence-electron chi connectivity index (χ3n) is 5.38. The molecular formula is C23H31N3O3S. The SMILES string of the molecule is CC(C)N(CCCNS(=O)(=O)c1ccc2c(c1)CCCC(=O)N2)Cc1ccccc1. The first-order chi connectivity index (χ1) is 14.3. The predicted octanol–water partition coefficient (Wildman–Crippen LogP) is 3.54. The van der Waals surface area contributed by atoms with Crippen LogP contribution in [0.2, 0.25) is 0 Å². The number of sulfonamides is 1. The van der Waals surface area contributed by atoms with E-state index >= 15 is 0 Å². The summed E-state index contributed by atoms with van der Waals surface area (Å²) in [7, 11) is -3.58. The molecule has 0 unspecified atom stereocenters. The molecule has 30 heavy (non-hydrogen) atoms. The fourth-order valence-corrected chi connectivity index (χ4v) is 4.75. The van der Waals surface area contributed by atoms with Crippen LogP contribution in [0.15, 0.2) is 53.4 Å². The average Bonchev–Trinajstić information content (AvgIpc) is 2.90. The van der Waals surface area contributed by atoms with E-state index in [9.17, 15) is 13.2 Å². The Morgan fingerprint density at radius 2 is 1.87 bits per heavy atom. The summed E-state index contributed by atoms with van der Waals surface area (Å²) in [5.74, 6) is -0.0207. The van der Waals surface area contributed by atoms with Gasteiger partial charge >= 0.3 is 0 Å². The number of rotatable bonds is 9. The van der Waals surface area contributed by atoms with Gasteiger partial charge in [-0.15, -0.1) is 0 Å². The van der Waals surface area contributed by atoms with Gasteiger partial charge in [-0.2, -0.15) is 0 Å². The van der Waals surface area contributed by atoms with Gasteiger partial charge in [-0.25, -0.2) is 13.1 Å².